The number of fused-ring (bicyclic) bond motifs is 1. The van der Waals surface area contributed by atoms with Gasteiger partial charge >= 0.3 is 0 Å². The van der Waals surface area contributed by atoms with Crippen molar-refractivity contribution in [1.29, 1.82) is 0 Å². The third-order valence-electron chi connectivity index (χ3n) is 2.63. The molecule has 2 N–H and O–H groups in total. The molecule has 17 heavy (non-hydrogen) atoms. The molecule has 3 rings (SSSR count). The minimum atomic E-state index is 0.533. The number of pyridine rings is 1. The van der Waals surface area contributed by atoms with Crippen LogP contribution in [0.25, 0.3) is 21.9 Å². The van der Waals surface area contributed by atoms with Crippen LogP contribution < -0.4 is 5.73 Å². The highest BCUT2D eigenvalue weighted by atomic mass is 79.9. The largest absolute Gasteiger partial charge is 0.384 e. The summed E-state index contributed by atoms with van der Waals surface area (Å²) in [5.74, 6) is 0.533. The standard InChI is InChI=1S/C12H9BrN4/c13-17-7-11(6-16-17)8-1-2-9-5-15-12(14)4-10(9)3-8/h1-7H,(H2,14,15). The van der Waals surface area contributed by atoms with Crippen molar-refractivity contribution in [2.75, 3.05) is 5.73 Å². The van der Waals surface area contributed by atoms with Crippen molar-refractivity contribution < 1.29 is 0 Å². The lowest BCUT2D eigenvalue weighted by Gasteiger charge is -2.02. The fraction of sp³-hybridized carbons (Fsp3) is 0. The molecule has 0 radical (unpaired) electrons. The minimum absolute atomic E-state index is 0.533. The van der Waals surface area contributed by atoms with Crippen molar-refractivity contribution in [2.24, 2.45) is 0 Å². The Hall–Kier alpha value is -1.88. The van der Waals surface area contributed by atoms with Gasteiger partial charge in [0.1, 0.15) is 5.82 Å². The van der Waals surface area contributed by atoms with Crippen LogP contribution in [-0.2, 0) is 0 Å². The summed E-state index contributed by atoms with van der Waals surface area (Å²) >= 11 is 3.27. The molecular weight excluding hydrogens is 280 g/mol. The molecule has 84 valence electrons. The molecule has 3 aromatic rings. The van der Waals surface area contributed by atoms with Crippen LogP contribution in [0.5, 0.6) is 0 Å². The van der Waals surface area contributed by atoms with Crippen LogP contribution in [0.1, 0.15) is 0 Å². The lowest BCUT2D eigenvalue weighted by Crippen LogP contribution is -1.88. The van der Waals surface area contributed by atoms with Gasteiger partial charge < -0.3 is 5.73 Å². The molecule has 1 aromatic carbocycles. The van der Waals surface area contributed by atoms with E-state index in [0.29, 0.717) is 5.82 Å². The fourth-order valence-corrected chi connectivity index (χ4v) is 2.10. The first-order valence-electron chi connectivity index (χ1n) is 5.09. The maximum atomic E-state index is 5.68. The molecule has 0 amide bonds. The molecule has 0 aliphatic rings. The molecular formula is C12H9BrN4. The van der Waals surface area contributed by atoms with Crippen molar-refractivity contribution in [3.63, 3.8) is 0 Å². The smallest absolute Gasteiger partial charge is 0.123 e. The number of nitrogens with zero attached hydrogens (tertiary/aromatic N) is 3. The topological polar surface area (TPSA) is 56.7 Å². The Balaban J connectivity index is 2.18. The summed E-state index contributed by atoms with van der Waals surface area (Å²) in [7, 11) is 0. The highest BCUT2D eigenvalue weighted by Gasteiger charge is 2.02. The van der Waals surface area contributed by atoms with E-state index in [1.165, 1.54) is 0 Å². The van der Waals surface area contributed by atoms with Crippen molar-refractivity contribution in [2.45, 2.75) is 0 Å². The monoisotopic (exact) mass is 288 g/mol. The van der Waals surface area contributed by atoms with Gasteiger partial charge in [-0.15, -0.1) is 0 Å². The van der Waals surface area contributed by atoms with Gasteiger partial charge in [-0.05, 0) is 23.1 Å². The number of nitrogen functional groups attached to an aromatic ring is 1. The highest BCUT2D eigenvalue weighted by molar-refractivity contribution is 9.08. The third-order valence-corrected chi connectivity index (χ3v) is 3.02. The maximum Gasteiger partial charge on any atom is 0.123 e. The van der Waals surface area contributed by atoms with Crippen LogP contribution >= 0.6 is 16.1 Å². The highest BCUT2D eigenvalue weighted by Crippen LogP contribution is 2.24. The summed E-state index contributed by atoms with van der Waals surface area (Å²) in [4.78, 5) is 4.07. The average Bonchev–Trinajstić information content (AvgIpc) is 2.75. The van der Waals surface area contributed by atoms with Gasteiger partial charge in [0.25, 0.3) is 0 Å². The van der Waals surface area contributed by atoms with Gasteiger partial charge in [0.05, 0.1) is 22.3 Å². The summed E-state index contributed by atoms with van der Waals surface area (Å²) < 4.78 is 1.60. The van der Waals surface area contributed by atoms with Gasteiger partial charge in [-0.3, -0.25) is 0 Å². The predicted molar refractivity (Wildman–Crippen MR) is 71.7 cm³/mol. The minimum Gasteiger partial charge on any atom is -0.384 e. The van der Waals surface area contributed by atoms with Crippen molar-refractivity contribution in [1.82, 2.24) is 13.8 Å². The zero-order valence-corrected chi connectivity index (χ0v) is 10.4. The average molecular weight is 289 g/mol. The number of nitrogens with two attached hydrogens (primary N) is 1. The van der Waals surface area contributed by atoms with Crippen LogP contribution in [0.3, 0.4) is 0 Å². The van der Waals surface area contributed by atoms with Crippen molar-refractivity contribution in [3.05, 3.63) is 42.9 Å². The number of hydrogen-bond acceptors (Lipinski definition) is 3. The molecule has 4 nitrogen and oxygen atoms in total. The Bertz CT molecular complexity index is 690. The normalized spacial score (nSPS) is 10.9. The van der Waals surface area contributed by atoms with E-state index in [-0.39, 0.29) is 0 Å². The zero-order chi connectivity index (χ0) is 11.8. The Morgan fingerprint density at radius 3 is 2.71 bits per heavy atom. The van der Waals surface area contributed by atoms with E-state index in [4.69, 9.17) is 5.73 Å². The van der Waals surface area contributed by atoms with Crippen LogP contribution in [-0.4, -0.2) is 13.8 Å². The van der Waals surface area contributed by atoms with Gasteiger partial charge in [0.2, 0.25) is 0 Å². The van der Waals surface area contributed by atoms with Gasteiger partial charge in [0.15, 0.2) is 0 Å². The number of anilines is 1. The summed E-state index contributed by atoms with van der Waals surface area (Å²) in [5.41, 5.74) is 7.84. The quantitative estimate of drug-likeness (QED) is 0.749. The lowest BCUT2D eigenvalue weighted by atomic mass is 10.1. The molecule has 0 fully saturated rings. The van der Waals surface area contributed by atoms with Gasteiger partial charge in [0, 0.05) is 23.3 Å². The van der Waals surface area contributed by atoms with Gasteiger partial charge in [-0.1, -0.05) is 12.1 Å². The van der Waals surface area contributed by atoms with Gasteiger partial charge in [-0.25, -0.2) is 8.69 Å². The van der Waals surface area contributed by atoms with Crippen molar-refractivity contribution >= 4 is 32.7 Å². The molecule has 0 atom stereocenters. The second-order valence-electron chi connectivity index (χ2n) is 3.79. The first-order chi connectivity index (χ1) is 8.22. The first-order valence-corrected chi connectivity index (χ1v) is 5.80. The van der Waals surface area contributed by atoms with E-state index in [0.717, 1.165) is 21.9 Å². The summed E-state index contributed by atoms with van der Waals surface area (Å²) in [6, 6.07) is 8.03. The molecule has 0 bridgehead atoms. The van der Waals surface area contributed by atoms with E-state index >= 15 is 0 Å². The molecule has 2 heterocycles. The molecule has 2 aromatic heterocycles. The molecule has 5 heteroatoms. The molecule has 0 aliphatic carbocycles. The second kappa shape index (κ2) is 3.85. The summed E-state index contributed by atoms with van der Waals surface area (Å²) in [5, 5.41) is 6.25. The van der Waals surface area contributed by atoms with E-state index in [9.17, 15) is 0 Å². The maximum absolute atomic E-state index is 5.68. The second-order valence-corrected chi connectivity index (χ2v) is 4.52. The first kappa shape index (κ1) is 10.3. The van der Waals surface area contributed by atoms with Crippen LogP contribution in [0.15, 0.2) is 42.9 Å². The van der Waals surface area contributed by atoms with Crippen molar-refractivity contribution in [3.8, 4) is 11.1 Å². The summed E-state index contributed by atoms with van der Waals surface area (Å²) in [6.07, 6.45) is 5.49. The number of hydrogen-bond donors (Lipinski definition) is 1. The van der Waals surface area contributed by atoms with E-state index in [2.05, 4.69) is 32.3 Å². The number of aromatic nitrogens is 3. The van der Waals surface area contributed by atoms with Crippen LogP contribution in [0, 0.1) is 0 Å². The number of halogens is 1. The Morgan fingerprint density at radius 1 is 1.06 bits per heavy atom. The van der Waals surface area contributed by atoms with E-state index in [1.54, 1.807) is 16.1 Å². The molecule has 0 unspecified atom stereocenters. The number of benzene rings is 1. The Labute approximate surface area is 106 Å². The third kappa shape index (κ3) is 1.89. The SMILES string of the molecule is Nc1cc2cc(-c3cnn(Br)c3)ccc2cn1. The van der Waals surface area contributed by atoms with E-state index in [1.807, 2.05) is 24.4 Å². The molecule has 0 aliphatic heterocycles. The lowest BCUT2D eigenvalue weighted by molar-refractivity contribution is 1.03. The van der Waals surface area contributed by atoms with Crippen LogP contribution in [0.2, 0.25) is 0 Å². The summed E-state index contributed by atoms with van der Waals surface area (Å²) in [6.45, 7) is 0. The van der Waals surface area contributed by atoms with Gasteiger partial charge in [-0.2, -0.15) is 5.10 Å². The Morgan fingerprint density at radius 2 is 1.94 bits per heavy atom. The molecule has 0 saturated carbocycles. The predicted octanol–water partition coefficient (Wildman–Crippen LogP) is 2.84. The van der Waals surface area contributed by atoms with Crippen LogP contribution in [0.4, 0.5) is 5.82 Å². The fourth-order valence-electron chi connectivity index (χ4n) is 1.79. The molecule has 0 saturated heterocycles. The molecule has 0 spiro atoms. The van der Waals surface area contributed by atoms with E-state index < -0.39 is 0 Å². The Kier molecular flexibility index (Phi) is 2.33. The zero-order valence-electron chi connectivity index (χ0n) is 8.84. The number of rotatable bonds is 1.